The molecule has 2 N–H and O–H groups in total. The third-order valence-corrected chi connectivity index (χ3v) is 6.95. The number of nitrogens with zero attached hydrogens (tertiary/aromatic N) is 4. The topological polar surface area (TPSA) is 127 Å². The van der Waals surface area contributed by atoms with Crippen molar-refractivity contribution in [2.45, 2.75) is 0 Å². The minimum absolute atomic E-state index is 0.0175. The van der Waals surface area contributed by atoms with Crippen LogP contribution >= 0.6 is 23.2 Å². The monoisotopic (exact) mass is 540 g/mol. The maximum absolute atomic E-state index is 13.8. The zero-order valence-electron chi connectivity index (χ0n) is 21.1. The first-order chi connectivity index (χ1) is 16.5. The van der Waals surface area contributed by atoms with E-state index in [4.69, 9.17) is 23.2 Å². The van der Waals surface area contributed by atoms with Crippen LogP contribution in [0.25, 0.3) is 0 Å². The number of likely N-dealkylation sites (N-methyl/N-ethyl adjacent to an activating group) is 4. The van der Waals surface area contributed by atoms with Crippen molar-refractivity contribution in [3.63, 3.8) is 0 Å². The van der Waals surface area contributed by atoms with E-state index in [-0.39, 0.29) is 69.9 Å². The normalized spacial score (nSPS) is 13.5. The molecule has 0 fully saturated rings. The molecule has 0 radical (unpaired) electrons. The van der Waals surface area contributed by atoms with Crippen molar-refractivity contribution in [1.29, 1.82) is 0 Å². The Morgan fingerprint density at radius 1 is 0.722 bits per heavy atom. The lowest BCUT2D eigenvalue weighted by Gasteiger charge is -2.38. The highest BCUT2D eigenvalue weighted by Gasteiger charge is 2.41. The van der Waals surface area contributed by atoms with Crippen LogP contribution in [0.5, 0.6) is 11.5 Å². The van der Waals surface area contributed by atoms with Crippen LogP contribution < -0.4 is 9.80 Å². The van der Waals surface area contributed by atoms with Gasteiger partial charge in [0.2, 0.25) is 11.6 Å². The predicted octanol–water partition coefficient (Wildman–Crippen LogP) is 3.20. The van der Waals surface area contributed by atoms with Crippen LogP contribution in [0.3, 0.4) is 0 Å². The average molecular weight is 541 g/mol. The lowest BCUT2D eigenvalue weighted by atomic mass is 9.80. The number of carbonyl (C=O) groups is 2. The Labute approximate surface area is 219 Å². The Morgan fingerprint density at radius 3 is 1.31 bits per heavy atom. The quantitative estimate of drug-likeness (QED) is 0.253. The number of phenols is 2. The summed E-state index contributed by atoms with van der Waals surface area (Å²) >= 11 is 13.4. The molecule has 36 heavy (non-hydrogen) atoms. The molecule has 1 aliphatic rings. The lowest BCUT2D eigenvalue weighted by molar-refractivity contribution is -0.838. The van der Waals surface area contributed by atoms with E-state index in [1.165, 1.54) is 28.2 Å². The molecule has 10 nitrogen and oxygen atoms in total. The molecule has 0 spiro atoms. The minimum Gasteiger partial charge on any atom is -0.633 e. The molecule has 12 heteroatoms. The third kappa shape index (κ3) is 5.24. The summed E-state index contributed by atoms with van der Waals surface area (Å²) in [5.41, 5.74) is -0.612. The molecule has 0 aliphatic heterocycles. The van der Waals surface area contributed by atoms with Crippen molar-refractivity contribution in [1.82, 2.24) is 0 Å². The SMILES string of the molecule is CN(CC[N+](C)(C)[O-])c1c(Cl)c(Cl)c(N(C)CC[N+](C)(C)[O-])c2c1C(=O)c1c(O)ccc(O)c1C2=O. The molecule has 1 aliphatic carbocycles. The van der Waals surface area contributed by atoms with Gasteiger partial charge in [0, 0.05) is 14.1 Å². The summed E-state index contributed by atoms with van der Waals surface area (Å²) < 4.78 is -1.21. The minimum atomic E-state index is -0.723. The van der Waals surface area contributed by atoms with Crippen molar-refractivity contribution in [2.24, 2.45) is 0 Å². The number of ketones is 2. The van der Waals surface area contributed by atoms with Gasteiger partial charge in [-0.15, -0.1) is 0 Å². The van der Waals surface area contributed by atoms with E-state index in [2.05, 4.69) is 0 Å². The molecule has 0 saturated heterocycles. The van der Waals surface area contributed by atoms with E-state index in [0.717, 1.165) is 12.1 Å². The van der Waals surface area contributed by atoms with E-state index in [0.29, 0.717) is 0 Å². The fourth-order valence-electron chi connectivity index (χ4n) is 4.12. The van der Waals surface area contributed by atoms with E-state index in [1.54, 1.807) is 23.9 Å². The number of phenolic OH excluding ortho intramolecular Hbond substituents is 2. The number of halogens is 2. The molecule has 0 atom stereocenters. The Hall–Kier alpha value is -2.60. The number of anilines is 2. The Morgan fingerprint density at radius 2 is 1.03 bits per heavy atom. The Bertz CT molecular complexity index is 1140. The third-order valence-electron chi connectivity index (χ3n) is 6.11. The predicted molar refractivity (Wildman–Crippen MR) is 140 cm³/mol. The molecule has 0 amide bonds. The number of quaternary nitrogens is 2. The van der Waals surface area contributed by atoms with Crippen LogP contribution in [0.2, 0.25) is 10.0 Å². The molecule has 196 valence electrons. The number of fused-ring (bicyclic) bond motifs is 2. The smallest absolute Gasteiger partial charge is 0.200 e. The second kappa shape index (κ2) is 9.70. The van der Waals surface area contributed by atoms with Crippen LogP contribution in [0.4, 0.5) is 11.4 Å². The van der Waals surface area contributed by atoms with E-state index in [9.17, 15) is 30.2 Å². The largest absolute Gasteiger partial charge is 0.633 e. The summed E-state index contributed by atoms with van der Waals surface area (Å²) in [6.07, 6.45) is 0. The number of benzene rings is 2. The van der Waals surface area contributed by atoms with Crippen molar-refractivity contribution in [2.75, 3.05) is 78.3 Å². The van der Waals surface area contributed by atoms with Gasteiger partial charge in [0.25, 0.3) is 0 Å². The molecule has 0 bridgehead atoms. The summed E-state index contributed by atoms with van der Waals surface area (Å²) in [5.74, 6) is -2.38. The molecule has 0 heterocycles. The van der Waals surface area contributed by atoms with Gasteiger partial charge in [-0.3, -0.25) is 9.59 Å². The van der Waals surface area contributed by atoms with E-state index < -0.39 is 32.4 Å². The first-order valence-electron chi connectivity index (χ1n) is 11.2. The maximum atomic E-state index is 13.8. The Kier molecular flexibility index (Phi) is 7.54. The molecular weight excluding hydrogens is 511 g/mol. The maximum Gasteiger partial charge on any atom is 0.200 e. The van der Waals surface area contributed by atoms with Crippen molar-refractivity contribution in [3.8, 4) is 11.5 Å². The van der Waals surface area contributed by atoms with Gasteiger partial charge in [-0.25, -0.2) is 0 Å². The highest BCUT2D eigenvalue weighted by atomic mass is 35.5. The number of hydrogen-bond donors (Lipinski definition) is 2. The zero-order chi connectivity index (χ0) is 27.3. The van der Waals surface area contributed by atoms with Gasteiger partial charge in [0.05, 0.1) is 98.0 Å². The van der Waals surface area contributed by atoms with Gasteiger partial charge in [0.15, 0.2) is 0 Å². The summed E-state index contributed by atoms with van der Waals surface area (Å²) in [4.78, 5) is 30.8. The second-order valence-electron chi connectivity index (χ2n) is 10.0. The van der Waals surface area contributed by atoms with Gasteiger partial charge in [-0.2, -0.15) is 0 Å². The number of rotatable bonds is 8. The van der Waals surface area contributed by atoms with Crippen molar-refractivity contribution < 1.29 is 29.1 Å². The van der Waals surface area contributed by atoms with Crippen LogP contribution in [-0.4, -0.2) is 99.5 Å². The summed E-state index contributed by atoms with van der Waals surface area (Å²) in [5, 5.41) is 45.2. The van der Waals surface area contributed by atoms with Gasteiger partial charge >= 0.3 is 0 Å². The molecular formula is C24H30Cl2N4O6. The van der Waals surface area contributed by atoms with Crippen LogP contribution in [0.1, 0.15) is 31.8 Å². The van der Waals surface area contributed by atoms with Gasteiger partial charge in [-0.05, 0) is 12.1 Å². The highest BCUT2D eigenvalue weighted by molar-refractivity contribution is 6.48. The molecule has 0 unspecified atom stereocenters. The number of hydrogen-bond acceptors (Lipinski definition) is 8. The first kappa shape index (κ1) is 28.0. The average Bonchev–Trinajstić information content (AvgIpc) is 2.75. The van der Waals surface area contributed by atoms with Crippen LogP contribution in [0, 0.1) is 10.4 Å². The number of aromatic hydroxyl groups is 2. The van der Waals surface area contributed by atoms with Gasteiger partial charge < -0.3 is 39.7 Å². The van der Waals surface area contributed by atoms with Gasteiger partial charge in [0.1, 0.15) is 11.5 Å². The van der Waals surface area contributed by atoms with Crippen LogP contribution in [-0.2, 0) is 0 Å². The van der Waals surface area contributed by atoms with E-state index in [1.807, 2.05) is 0 Å². The fraction of sp³-hybridized carbons (Fsp3) is 0.417. The molecule has 0 saturated carbocycles. The van der Waals surface area contributed by atoms with Crippen molar-refractivity contribution >= 4 is 46.1 Å². The number of hydroxylamine groups is 6. The standard InChI is InChI=1S/C24H30Cl2N4O6/c1-27(9-11-29(3,4)35)21-17-18(22(20(26)19(21)25)28(2)10-12-30(5,6)36)24(34)16-14(32)8-7-13(31)15(16)23(17)33/h7-8,31-32H,9-12H2,1-6H3. The summed E-state index contributed by atoms with van der Waals surface area (Å²) in [6, 6.07) is 2.26. The molecule has 3 rings (SSSR count). The first-order valence-corrected chi connectivity index (χ1v) is 11.9. The number of carbonyl (C=O) groups excluding carboxylic acids is 2. The lowest BCUT2D eigenvalue weighted by Crippen LogP contribution is -2.41. The van der Waals surface area contributed by atoms with Crippen LogP contribution in [0.15, 0.2) is 12.1 Å². The van der Waals surface area contributed by atoms with E-state index >= 15 is 0 Å². The fourth-order valence-corrected chi connectivity index (χ4v) is 4.78. The molecule has 2 aromatic rings. The second-order valence-corrected chi connectivity index (χ2v) is 10.8. The summed E-state index contributed by atoms with van der Waals surface area (Å²) in [7, 11) is 9.11. The van der Waals surface area contributed by atoms with Crippen molar-refractivity contribution in [3.05, 3.63) is 54.8 Å². The molecule has 2 aromatic carbocycles. The molecule has 0 aromatic heterocycles. The highest BCUT2D eigenvalue weighted by Crippen LogP contribution is 2.50. The summed E-state index contributed by atoms with van der Waals surface area (Å²) in [6.45, 7) is 0.636. The zero-order valence-corrected chi connectivity index (χ0v) is 22.6. The Balaban J connectivity index is 2.33. The van der Waals surface area contributed by atoms with Gasteiger partial charge in [-0.1, -0.05) is 23.2 Å².